The summed E-state index contributed by atoms with van der Waals surface area (Å²) in [6.07, 6.45) is 0. The van der Waals surface area contributed by atoms with Gasteiger partial charge in [-0.1, -0.05) is 54.6 Å². The fraction of sp³-hybridized carbons (Fsp3) is 0.259. The topological polar surface area (TPSA) is 61.9 Å². The largest absolute Gasteiger partial charge is 0.496 e. The fourth-order valence-electron chi connectivity index (χ4n) is 4.10. The summed E-state index contributed by atoms with van der Waals surface area (Å²) in [6, 6.07) is 23.4. The maximum absolute atomic E-state index is 12.9. The van der Waals surface area contributed by atoms with E-state index < -0.39 is 0 Å². The fourth-order valence-corrected chi connectivity index (χ4v) is 4.10. The van der Waals surface area contributed by atoms with Crippen molar-refractivity contribution in [2.75, 3.05) is 45.2 Å². The van der Waals surface area contributed by atoms with Gasteiger partial charge in [0.05, 0.1) is 13.7 Å². The van der Waals surface area contributed by atoms with E-state index in [0.717, 1.165) is 22.4 Å². The SMILES string of the molecule is COc1cc(C(=O)N2CCN(CC(=O)Nc3ccccc3-c3ccccc3)CC2)ccc1C. The van der Waals surface area contributed by atoms with E-state index in [-0.39, 0.29) is 11.8 Å². The summed E-state index contributed by atoms with van der Waals surface area (Å²) in [6.45, 7) is 4.73. The second-order valence-electron chi connectivity index (χ2n) is 8.21. The molecule has 0 unspecified atom stereocenters. The molecule has 1 heterocycles. The summed E-state index contributed by atoms with van der Waals surface area (Å²) in [5, 5.41) is 3.06. The third-order valence-corrected chi connectivity index (χ3v) is 5.97. The summed E-state index contributed by atoms with van der Waals surface area (Å²) >= 11 is 0. The third kappa shape index (κ3) is 5.41. The van der Waals surface area contributed by atoms with Gasteiger partial charge in [-0.2, -0.15) is 0 Å². The number of anilines is 1. The Labute approximate surface area is 194 Å². The maximum atomic E-state index is 12.9. The number of carbonyl (C=O) groups is 2. The molecule has 1 saturated heterocycles. The molecule has 0 aromatic heterocycles. The number of methoxy groups -OCH3 is 1. The molecular weight excluding hydrogens is 414 g/mol. The van der Waals surface area contributed by atoms with Gasteiger partial charge in [0.2, 0.25) is 5.91 Å². The number of benzene rings is 3. The van der Waals surface area contributed by atoms with Crippen LogP contribution in [0.3, 0.4) is 0 Å². The van der Waals surface area contributed by atoms with Crippen LogP contribution >= 0.6 is 0 Å². The molecule has 0 saturated carbocycles. The van der Waals surface area contributed by atoms with Crippen molar-refractivity contribution in [2.24, 2.45) is 0 Å². The first-order valence-electron chi connectivity index (χ1n) is 11.2. The molecule has 2 amide bonds. The van der Waals surface area contributed by atoms with E-state index in [9.17, 15) is 9.59 Å². The zero-order valence-corrected chi connectivity index (χ0v) is 19.1. The molecule has 6 heteroatoms. The molecule has 3 aromatic carbocycles. The van der Waals surface area contributed by atoms with E-state index in [2.05, 4.69) is 10.2 Å². The molecule has 1 aliphatic rings. The van der Waals surface area contributed by atoms with Crippen LogP contribution in [0.2, 0.25) is 0 Å². The highest BCUT2D eigenvalue weighted by atomic mass is 16.5. The van der Waals surface area contributed by atoms with Crippen LogP contribution < -0.4 is 10.1 Å². The Morgan fingerprint density at radius 3 is 2.33 bits per heavy atom. The number of ether oxygens (including phenoxy) is 1. The smallest absolute Gasteiger partial charge is 0.254 e. The minimum atomic E-state index is -0.0542. The molecule has 1 aliphatic heterocycles. The van der Waals surface area contributed by atoms with Gasteiger partial charge in [-0.05, 0) is 36.2 Å². The molecular formula is C27H29N3O3. The number of rotatable bonds is 6. The number of hydrogen-bond acceptors (Lipinski definition) is 4. The van der Waals surface area contributed by atoms with Crippen LogP contribution in [-0.2, 0) is 4.79 Å². The lowest BCUT2D eigenvalue weighted by atomic mass is 10.0. The first-order valence-corrected chi connectivity index (χ1v) is 11.2. The Morgan fingerprint density at radius 1 is 0.909 bits per heavy atom. The van der Waals surface area contributed by atoms with Crippen molar-refractivity contribution in [3.8, 4) is 16.9 Å². The van der Waals surface area contributed by atoms with E-state index >= 15 is 0 Å². The number of para-hydroxylation sites is 1. The Kier molecular flexibility index (Phi) is 7.05. The average Bonchev–Trinajstić information content (AvgIpc) is 2.85. The molecule has 0 bridgehead atoms. The molecule has 6 nitrogen and oxygen atoms in total. The Morgan fingerprint density at radius 2 is 1.61 bits per heavy atom. The molecule has 170 valence electrons. The number of hydrogen-bond donors (Lipinski definition) is 1. The summed E-state index contributed by atoms with van der Waals surface area (Å²) in [4.78, 5) is 29.6. The van der Waals surface area contributed by atoms with E-state index in [1.807, 2.05) is 78.6 Å². The Hall–Kier alpha value is -3.64. The number of amides is 2. The summed E-state index contributed by atoms with van der Waals surface area (Å²) in [5.74, 6) is 0.655. The van der Waals surface area contributed by atoms with Crippen molar-refractivity contribution in [1.82, 2.24) is 9.80 Å². The lowest BCUT2D eigenvalue weighted by molar-refractivity contribution is -0.117. The summed E-state index contributed by atoms with van der Waals surface area (Å²) < 4.78 is 5.35. The van der Waals surface area contributed by atoms with Crippen molar-refractivity contribution in [2.45, 2.75) is 6.92 Å². The highest BCUT2D eigenvalue weighted by molar-refractivity contribution is 5.97. The van der Waals surface area contributed by atoms with Gasteiger partial charge in [-0.15, -0.1) is 0 Å². The van der Waals surface area contributed by atoms with Crippen molar-refractivity contribution in [3.63, 3.8) is 0 Å². The first kappa shape index (κ1) is 22.6. The molecule has 33 heavy (non-hydrogen) atoms. The van der Waals surface area contributed by atoms with Gasteiger partial charge in [-0.25, -0.2) is 0 Å². The van der Waals surface area contributed by atoms with Crippen LogP contribution in [0, 0.1) is 6.92 Å². The molecule has 1 fully saturated rings. The minimum Gasteiger partial charge on any atom is -0.496 e. The molecule has 0 spiro atoms. The summed E-state index contributed by atoms with van der Waals surface area (Å²) in [5.41, 5.74) is 4.49. The molecule has 4 rings (SSSR count). The van der Waals surface area contributed by atoms with Gasteiger partial charge in [-0.3, -0.25) is 14.5 Å². The standard InChI is InChI=1S/C27H29N3O3/c1-20-12-13-22(18-25(20)33-2)27(32)30-16-14-29(15-17-30)19-26(31)28-24-11-7-6-10-23(24)21-8-4-3-5-9-21/h3-13,18H,14-17,19H2,1-2H3,(H,28,31). The van der Waals surface area contributed by atoms with E-state index in [1.165, 1.54) is 0 Å². The van der Waals surface area contributed by atoms with E-state index in [1.54, 1.807) is 13.2 Å². The number of carbonyl (C=O) groups excluding carboxylic acids is 2. The Balaban J connectivity index is 1.33. The van der Waals surface area contributed by atoms with Crippen molar-refractivity contribution in [3.05, 3.63) is 83.9 Å². The lowest BCUT2D eigenvalue weighted by Crippen LogP contribution is -2.50. The number of nitrogens with one attached hydrogen (secondary N) is 1. The van der Waals surface area contributed by atoms with E-state index in [4.69, 9.17) is 4.74 Å². The lowest BCUT2D eigenvalue weighted by Gasteiger charge is -2.34. The molecule has 3 aromatic rings. The van der Waals surface area contributed by atoms with Crippen LogP contribution in [0.1, 0.15) is 15.9 Å². The van der Waals surface area contributed by atoms with Crippen LogP contribution in [0.25, 0.3) is 11.1 Å². The second-order valence-corrected chi connectivity index (χ2v) is 8.21. The van der Waals surface area contributed by atoms with Gasteiger partial charge in [0.1, 0.15) is 5.75 Å². The van der Waals surface area contributed by atoms with Gasteiger partial charge in [0.15, 0.2) is 0 Å². The van der Waals surface area contributed by atoms with Crippen LogP contribution in [0.5, 0.6) is 5.75 Å². The summed E-state index contributed by atoms with van der Waals surface area (Å²) in [7, 11) is 1.61. The van der Waals surface area contributed by atoms with E-state index in [0.29, 0.717) is 44.0 Å². The predicted octanol–water partition coefficient (Wildman–Crippen LogP) is 4.07. The molecule has 0 aliphatic carbocycles. The van der Waals surface area contributed by atoms with Crippen molar-refractivity contribution < 1.29 is 14.3 Å². The quantitative estimate of drug-likeness (QED) is 0.624. The predicted molar refractivity (Wildman–Crippen MR) is 131 cm³/mol. The van der Waals surface area contributed by atoms with Crippen LogP contribution in [0.15, 0.2) is 72.8 Å². The van der Waals surface area contributed by atoms with Gasteiger partial charge < -0.3 is 15.0 Å². The van der Waals surface area contributed by atoms with Crippen molar-refractivity contribution in [1.29, 1.82) is 0 Å². The highest BCUT2D eigenvalue weighted by Crippen LogP contribution is 2.27. The minimum absolute atomic E-state index is 0.00538. The Bertz CT molecular complexity index is 1120. The zero-order chi connectivity index (χ0) is 23.2. The number of aryl methyl sites for hydroxylation is 1. The average molecular weight is 444 g/mol. The molecule has 1 N–H and O–H groups in total. The number of nitrogens with zero attached hydrogens (tertiary/aromatic N) is 2. The van der Waals surface area contributed by atoms with Crippen LogP contribution in [0.4, 0.5) is 5.69 Å². The maximum Gasteiger partial charge on any atom is 0.254 e. The molecule has 0 radical (unpaired) electrons. The highest BCUT2D eigenvalue weighted by Gasteiger charge is 2.24. The van der Waals surface area contributed by atoms with Gasteiger partial charge >= 0.3 is 0 Å². The second kappa shape index (κ2) is 10.3. The number of piperazine rings is 1. The zero-order valence-electron chi connectivity index (χ0n) is 19.1. The monoisotopic (exact) mass is 443 g/mol. The normalized spacial score (nSPS) is 14.1. The van der Waals surface area contributed by atoms with Gasteiger partial charge in [0, 0.05) is 43.0 Å². The van der Waals surface area contributed by atoms with Crippen molar-refractivity contribution >= 4 is 17.5 Å². The third-order valence-electron chi connectivity index (χ3n) is 5.97. The first-order chi connectivity index (χ1) is 16.0. The van der Waals surface area contributed by atoms with Gasteiger partial charge in [0.25, 0.3) is 5.91 Å². The van der Waals surface area contributed by atoms with Crippen LogP contribution in [-0.4, -0.2) is 61.4 Å². The molecule has 0 atom stereocenters.